The van der Waals surface area contributed by atoms with Gasteiger partial charge in [-0.1, -0.05) is 49.4 Å². The number of carbonyl (C=O) groups is 1. The topological polar surface area (TPSA) is 17.1 Å². The van der Waals surface area contributed by atoms with E-state index in [-0.39, 0.29) is 10.8 Å². The van der Waals surface area contributed by atoms with E-state index in [4.69, 9.17) is 0 Å². The molecule has 82 valence electrons. The second-order valence-electron chi connectivity index (χ2n) is 5.42. The number of hydrogen-bond donors (Lipinski definition) is 0. The van der Waals surface area contributed by atoms with Crippen LogP contribution in [0.5, 0.6) is 0 Å². The summed E-state index contributed by atoms with van der Waals surface area (Å²) < 4.78 is 0. The molecular weight excluding hydrogens is 196 g/mol. The van der Waals surface area contributed by atoms with Crippen LogP contribution in [0.4, 0.5) is 0 Å². The Hall–Kier alpha value is -1.37. The van der Waals surface area contributed by atoms with Gasteiger partial charge in [0.05, 0.1) is 5.41 Å². The van der Waals surface area contributed by atoms with E-state index >= 15 is 0 Å². The van der Waals surface area contributed by atoms with E-state index in [1.54, 1.807) is 0 Å². The van der Waals surface area contributed by atoms with E-state index < -0.39 is 0 Å². The first-order valence-corrected chi connectivity index (χ1v) is 5.94. The van der Waals surface area contributed by atoms with Gasteiger partial charge in [0.15, 0.2) is 0 Å². The fraction of sp³-hybridized carbons (Fsp3) is 0.400. The lowest BCUT2D eigenvalue weighted by Gasteiger charge is -2.37. The van der Waals surface area contributed by atoms with Crippen molar-refractivity contribution < 1.29 is 4.79 Å². The molecule has 2 atom stereocenters. The first-order chi connectivity index (χ1) is 7.65. The van der Waals surface area contributed by atoms with Gasteiger partial charge in [0.2, 0.25) is 0 Å². The molecule has 2 aliphatic rings. The Labute approximate surface area is 96.2 Å². The molecule has 2 aliphatic carbocycles. The van der Waals surface area contributed by atoms with Gasteiger partial charge in [-0.15, -0.1) is 0 Å². The quantitative estimate of drug-likeness (QED) is 0.653. The molecule has 2 bridgehead atoms. The monoisotopic (exact) mass is 212 g/mol. The van der Waals surface area contributed by atoms with Gasteiger partial charge in [-0.2, -0.15) is 0 Å². The summed E-state index contributed by atoms with van der Waals surface area (Å²) >= 11 is 0. The molecule has 0 saturated heterocycles. The molecule has 0 N–H and O–H groups in total. The summed E-state index contributed by atoms with van der Waals surface area (Å²) in [6.07, 6.45) is 7.10. The lowest BCUT2D eigenvalue weighted by atomic mass is 9.65. The van der Waals surface area contributed by atoms with Gasteiger partial charge in [-0.3, -0.25) is 4.79 Å². The van der Waals surface area contributed by atoms with Crippen LogP contribution in [0.2, 0.25) is 0 Å². The number of carbonyl (C=O) groups excluding carboxylic acids is 1. The molecule has 0 amide bonds. The maximum absolute atomic E-state index is 12.3. The van der Waals surface area contributed by atoms with Gasteiger partial charge in [-0.25, -0.2) is 0 Å². The van der Waals surface area contributed by atoms with E-state index in [1.165, 1.54) is 5.56 Å². The second kappa shape index (κ2) is 3.07. The van der Waals surface area contributed by atoms with Crippen molar-refractivity contribution in [2.45, 2.75) is 31.6 Å². The maximum atomic E-state index is 12.3. The molecule has 16 heavy (non-hydrogen) atoms. The van der Waals surface area contributed by atoms with Crippen LogP contribution in [-0.4, -0.2) is 5.78 Å². The van der Waals surface area contributed by atoms with Crippen LogP contribution in [0.25, 0.3) is 0 Å². The number of ketones is 1. The van der Waals surface area contributed by atoms with E-state index in [1.807, 2.05) is 18.2 Å². The highest BCUT2D eigenvalue weighted by Crippen LogP contribution is 2.52. The normalized spacial score (nSPS) is 36.7. The zero-order valence-electron chi connectivity index (χ0n) is 9.57. The summed E-state index contributed by atoms with van der Waals surface area (Å²) in [4.78, 5) is 12.3. The minimum absolute atomic E-state index is 0.240. The zero-order valence-corrected chi connectivity index (χ0v) is 9.57. The van der Waals surface area contributed by atoms with E-state index in [9.17, 15) is 4.79 Å². The Morgan fingerprint density at radius 1 is 1.12 bits per heavy atom. The predicted octanol–water partition coefficient (Wildman–Crippen LogP) is 3.25. The Balaban J connectivity index is 2.12. The number of benzene rings is 1. The zero-order chi connectivity index (χ0) is 11.2. The highest BCUT2D eigenvalue weighted by molar-refractivity contribution is 5.94. The summed E-state index contributed by atoms with van der Waals surface area (Å²) in [6.45, 7) is 2.26. The number of Topliss-reactive ketones (excluding diaryl/α,β-unsaturated/α-hetero) is 1. The largest absolute Gasteiger partial charge is 0.298 e. The third-order valence-electron chi connectivity index (χ3n) is 4.16. The maximum Gasteiger partial charge on any atom is 0.147 e. The van der Waals surface area contributed by atoms with Crippen molar-refractivity contribution >= 4 is 5.78 Å². The molecule has 1 aromatic rings. The molecule has 0 aliphatic heterocycles. The molecule has 1 nitrogen and oxygen atoms in total. The van der Waals surface area contributed by atoms with Gasteiger partial charge in [0.1, 0.15) is 5.78 Å². The third kappa shape index (κ3) is 1.21. The number of rotatable bonds is 1. The van der Waals surface area contributed by atoms with E-state index in [0.29, 0.717) is 5.78 Å². The van der Waals surface area contributed by atoms with Crippen molar-refractivity contribution in [3.8, 4) is 0 Å². The molecule has 1 aromatic carbocycles. The summed E-state index contributed by atoms with van der Waals surface area (Å²) in [7, 11) is 0. The SMILES string of the molecule is CC12C=CC(c3ccccc3)(C1)C(=O)CC2. The molecule has 1 heteroatoms. The van der Waals surface area contributed by atoms with Gasteiger partial charge in [-0.05, 0) is 23.8 Å². The van der Waals surface area contributed by atoms with Gasteiger partial charge in [0, 0.05) is 6.42 Å². The number of allylic oxidation sites excluding steroid dienone is 2. The molecule has 2 unspecified atom stereocenters. The van der Waals surface area contributed by atoms with Crippen molar-refractivity contribution in [3.63, 3.8) is 0 Å². The predicted molar refractivity (Wildman–Crippen MR) is 64.2 cm³/mol. The first kappa shape index (κ1) is 9.83. The second-order valence-corrected chi connectivity index (χ2v) is 5.42. The van der Waals surface area contributed by atoms with Crippen LogP contribution >= 0.6 is 0 Å². The van der Waals surface area contributed by atoms with Crippen molar-refractivity contribution in [2.24, 2.45) is 5.41 Å². The van der Waals surface area contributed by atoms with Crippen LogP contribution in [0.3, 0.4) is 0 Å². The number of hydrogen-bond acceptors (Lipinski definition) is 1. The van der Waals surface area contributed by atoms with Crippen LogP contribution in [0, 0.1) is 5.41 Å². The lowest BCUT2D eigenvalue weighted by molar-refractivity contribution is -0.125. The fourth-order valence-corrected chi connectivity index (χ4v) is 3.18. The Morgan fingerprint density at radius 3 is 2.62 bits per heavy atom. The van der Waals surface area contributed by atoms with Crippen LogP contribution < -0.4 is 0 Å². The third-order valence-corrected chi connectivity index (χ3v) is 4.16. The molecule has 3 rings (SSSR count). The molecule has 0 heterocycles. The number of fused-ring (bicyclic) bond motifs is 2. The summed E-state index contributed by atoms with van der Waals surface area (Å²) in [6, 6.07) is 10.2. The molecule has 1 saturated carbocycles. The smallest absolute Gasteiger partial charge is 0.147 e. The van der Waals surface area contributed by atoms with Crippen LogP contribution in [-0.2, 0) is 10.2 Å². The van der Waals surface area contributed by atoms with Crippen molar-refractivity contribution in [1.29, 1.82) is 0 Å². The van der Waals surface area contributed by atoms with Crippen molar-refractivity contribution in [3.05, 3.63) is 48.0 Å². The Kier molecular flexibility index (Phi) is 1.88. The highest BCUT2D eigenvalue weighted by atomic mass is 16.1. The minimum Gasteiger partial charge on any atom is -0.298 e. The highest BCUT2D eigenvalue weighted by Gasteiger charge is 2.50. The summed E-state index contributed by atoms with van der Waals surface area (Å²) in [5.41, 5.74) is 1.09. The van der Waals surface area contributed by atoms with E-state index in [2.05, 4.69) is 31.2 Å². The molecule has 0 radical (unpaired) electrons. The molecule has 0 aromatic heterocycles. The average Bonchev–Trinajstić information content (AvgIpc) is 2.62. The van der Waals surface area contributed by atoms with Crippen LogP contribution in [0.1, 0.15) is 31.7 Å². The van der Waals surface area contributed by atoms with Crippen molar-refractivity contribution in [2.75, 3.05) is 0 Å². The molecule has 1 fully saturated rings. The Bertz CT molecular complexity index is 460. The fourth-order valence-electron chi connectivity index (χ4n) is 3.18. The first-order valence-electron chi connectivity index (χ1n) is 5.94. The van der Waals surface area contributed by atoms with E-state index in [0.717, 1.165) is 19.3 Å². The molecule has 0 spiro atoms. The average molecular weight is 212 g/mol. The van der Waals surface area contributed by atoms with Gasteiger partial charge < -0.3 is 0 Å². The van der Waals surface area contributed by atoms with Gasteiger partial charge >= 0.3 is 0 Å². The summed E-state index contributed by atoms with van der Waals surface area (Å²) in [5.74, 6) is 0.393. The lowest BCUT2D eigenvalue weighted by Crippen LogP contribution is -2.39. The van der Waals surface area contributed by atoms with Gasteiger partial charge in [0.25, 0.3) is 0 Å². The van der Waals surface area contributed by atoms with Crippen molar-refractivity contribution in [1.82, 2.24) is 0 Å². The Morgan fingerprint density at radius 2 is 1.88 bits per heavy atom. The standard InChI is InChI=1S/C15H16O/c1-14-8-7-13(16)15(11-14,10-9-14)12-5-3-2-4-6-12/h2-6,9-10H,7-8,11H2,1H3. The minimum atomic E-state index is -0.311. The molecular formula is C15H16O. The summed E-state index contributed by atoms with van der Waals surface area (Å²) in [5, 5.41) is 0. The van der Waals surface area contributed by atoms with Crippen LogP contribution in [0.15, 0.2) is 42.5 Å².